The van der Waals surface area contributed by atoms with Crippen LogP contribution in [-0.2, 0) is 29.0 Å². The van der Waals surface area contributed by atoms with Crippen molar-refractivity contribution in [1.82, 2.24) is 20.5 Å². The molecule has 1 amide bonds. The molecule has 5 aromatic carbocycles. The summed E-state index contributed by atoms with van der Waals surface area (Å²) in [5, 5.41) is 17.0. The normalized spacial score (nSPS) is 13.7. The van der Waals surface area contributed by atoms with E-state index in [1.807, 2.05) is 60.7 Å². The van der Waals surface area contributed by atoms with Crippen molar-refractivity contribution in [3.8, 4) is 17.2 Å². The molecule has 1 saturated heterocycles. The number of pyridine rings is 1. The number of aromatic nitrogens is 1. The molecule has 0 spiro atoms. The van der Waals surface area contributed by atoms with Gasteiger partial charge < -0.3 is 34.9 Å². The van der Waals surface area contributed by atoms with Crippen LogP contribution in [0.4, 0.5) is 4.39 Å². The van der Waals surface area contributed by atoms with Gasteiger partial charge in [-0.15, -0.1) is 0 Å². The molecule has 6 aromatic rings. The van der Waals surface area contributed by atoms with E-state index in [-0.39, 0.29) is 42.5 Å². The van der Waals surface area contributed by atoms with Crippen molar-refractivity contribution >= 4 is 22.8 Å². The van der Waals surface area contributed by atoms with Crippen LogP contribution in [0.3, 0.4) is 0 Å². The van der Waals surface area contributed by atoms with Crippen molar-refractivity contribution in [3.63, 3.8) is 0 Å². The Morgan fingerprint density at radius 1 is 0.871 bits per heavy atom. The van der Waals surface area contributed by atoms with Gasteiger partial charge in [0.15, 0.2) is 0 Å². The van der Waals surface area contributed by atoms with Gasteiger partial charge in [0.1, 0.15) is 29.0 Å². The summed E-state index contributed by atoms with van der Waals surface area (Å²) in [4.78, 5) is 43.7. The first kappa shape index (κ1) is 43.6. The first-order valence-electron chi connectivity index (χ1n) is 21.2. The van der Waals surface area contributed by atoms with Gasteiger partial charge in [-0.05, 0) is 110 Å². The summed E-state index contributed by atoms with van der Waals surface area (Å²) in [6.45, 7) is 4.58. The Morgan fingerprint density at radius 2 is 1.63 bits per heavy atom. The second-order valence-corrected chi connectivity index (χ2v) is 15.6. The van der Waals surface area contributed by atoms with E-state index in [9.17, 15) is 19.5 Å². The summed E-state index contributed by atoms with van der Waals surface area (Å²) in [6, 6.07) is 36.7. The van der Waals surface area contributed by atoms with Gasteiger partial charge in [0, 0.05) is 36.7 Å². The second kappa shape index (κ2) is 21.3. The minimum atomic E-state index is -0.669. The van der Waals surface area contributed by atoms with Gasteiger partial charge in [0.25, 0.3) is 5.91 Å². The minimum Gasteiger partial charge on any atom is -0.506 e. The first-order chi connectivity index (χ1) is 30.2. The Morgan fingerprint density at radius 3 is 2.40 bits per heavy atom. The van der Waals surface area contributed by atoms with Gasteiger partial charge in [0.05, 0.1) is 31.4 Å². The topological polar surface area (TPSA) is 142 Å². The second-order valence-electron chi connectivity index (χ2n) is 15.6. The third kappa shape index (κ3) is 11.4. The lowest BCUT2D eigenvalue weighted by Crippen LogP contribution is -2.35. The Bertz CT molecular complexity index is 2490. The number of aromatic amines is 1. The molecule has 0 saturated carbocycles. The predicted molar refractivity (Wildman–Crippen MR) is 237 cm³/mol. The minimum absolute atomic E-state index is 0.000627. The molecule has 7 rings (SSSR count). The maximum Gasteiger partial charge on any atom is 0.317 e. The number of nitrogens with one attached hydrogen (secondary N) is 3. The number of ether oxygens (including phenoxy) is 3. The summed E-state index contributed by atoms with van der Waals surface area (Å²) in [6.07, 6.45) is 2.99. The van der Waals surface area contributed by atoms with Crippen molar-refractivity contribution in [1.29, 1.82) is 0 Å². The summed E-state index contributed by atoms with van der Waals surface area (Å²) >= 11 is 0. The highest BCUT2D eigenvalue weighted by atomic mass is 19.1. The van der Waals surface area contributed by atoms with Crippen molar-refractivity contribution in [2.75, 3.05) is 46.5 Å². The van der Waals surface area contributed by atoms with E-state index in [1.165, 1.54) is 30.9 Å². The van der Waals surface area contributed by atoms with Gasteiger partial charge in [-0.1, -0.05) is 78.9 Å². The third-order valence-corrected chi connectivity index (χ3v) is 11.3. The van der Waals surface area contributed by atoms with E-state index < -0.39 is 17.6 Å². The van der Waals surface area contributed by atoms with Crippen LogP contribution in [0.25, 0.3) is 10.9 Å². The quantitative estimate of drug-likeness (QED) is 0.0482. The summed E-state index contributed by atoms with van der Waals surface area (Å²) in [5.74, 6) is -0.885. The number of likely N-dealkylation sites (tertiary alicyclic amines) is 1. The molecule has 1 atom stereocenters. The van der Waals surface area contributed by atoms with Crippen LogP contribution in [0, 0.1) is 11.7 Å². The number of methoxy groups -OCH3 is 1. The summed E-state index contributed by atoms with van der Waals surface area (Å²) < 4.78 is 32.9. The summed E-state index contributed by atoms with van der Waals surface area (Å²) in [7, 11) is 1.47. The molecule has 0 aliphatic carbocycles. The van der Waals surface area contributed by atoms with Crippen LogP contribution in [0.15, 0.2) is 126 Å². The average Bonchev–Trinajstić information content (AvgIpc) is 3.29. The first-order valence-corrected chi connectivity index (χ1v) is 21.2. The number of esters is 1. The maximum absolute atomic E-state index is 15.3. The Hall–Kier alpha value is -6.50. The zero-order valence-corrected chi connectivity index (χ0v) is 34.9. The summed E-state index contributed by atoms with van der Waals surface area (Å²) in [5.41, 5.74) is 4.34. The Balaban J connectivity index is 0.871. The maximum atomic E-state index is 15.3. The van der Waals surface area contributed by atoms with E-state index in [0.717, 1.165) is 54.6 Å². The molecule has 1 unspecified atom stereocenters. The molecule has 1 aliphatic heterocycles. The molecular formula is C50H53FN4O7. The Kier molecular flexibility index (Phi) is 15.0. The van der Waals surface area contributed by atoms with Crippen LogP contribution >= 0.6 is 0 Å². The van der Waals surface area contributed by atoms with Crippen LogP contribution < -0.4 is 25.7 Å². The number of amides is 1. The molecular weight excluding hydrogens is 788 g/mol. The number of aromatic hydroxyl groups is 1. The van der Waals surface area contributed by atoms with Crippen LogP contribution in [0.1, 0.15) is 63.4 Å². The molecule has 62 heavy (non-hydrogen) atoms. The number of hydrogen-bond acceptors (Lipinski definition) is 9. The van der Waals surface area contributed by atoms with Crippen molar-refractivity contribution in [2.45, 2.75) is 44.7 Å². The number of phenolic OH excluding ortho intramolecular Hbond substituents is 1. The zero-order chi connectivity index (χ0) is 43.3. The molecule has 1 fully saturated rings. The Labute approximate surface area is 360 Å². The van der Waals surface area contributed by atoms with E-state index in [4.69, 9.17) is 14.2 Å². The van der Waals surface area contributed by atoms with E-state index in [0.29, 0.717) is 54.5 Å². The highest BCUT2D eigenvalue weighted by Gasteiger charge is 2.27. The number of halogens is 1. The largest absolute Gasteiger partial charge is 0.506 e. The van der Waals surface area contributed by atoms with Gasteiger partial charge in [-0.2, -0.15) is 0 Å². The van der Waals surface area contributed by atoms with E-state index >= 15 is 4.39 Å². The lowest BCUT2D eigenvalue weighted by atomic mass is 9.91. The smallest absolute Gasteiger partial charge is 0.317 e. The zero-order valence-electron chi connectivity index (χ0n) is 34.9. The van der Waals surface area contributed by atoms with Gasteiger partial charge in [-0.25, -0.2) is 4.39 Å². The van der Waals surface area contributed by atoms with E-state index in [2.05, 4.69) is 44.8 Å². The molecule has 322 valence electrons. The number of fused-ring (bicyclic) bond motifs is 1. The van der Waals surface area contributed by atoms with Crippen LogP contribution in [-0.4, -0.2) is 73.4 Å². The number of phenols is 1. The standard InChI is InChI=1S/C50H53FN4O7/c1-60-45-30-42(43(51)29-39(45)31-52-24-20-36-16-18-44(56)48-41(36)17-19-46(57)54-48)49(58)53-23-9-27-61-40-15-8-14-38(28-40)47(37-12-6-3-7-13-37)50(59)62-33-35-21-25-55(26-22-35)32-34-10-4-2-5-11-34/h2-8,10-19,28-30,35,47,52,56H,9,20-27,31-33H2,1H3,(H,53,58)(H,54,57). The molecule has 2 heterocycles. The number of nitrogens with zero attached hydrogens (tertiary/aromatic N) is 1. The molecule has 12 heteroatoms. The molecule has 0 bridgehead atoms. The molecule has 4 N–H and O–H groups in total. The lowest BCUT2D eigenvalue weighted by Gasteiger charge is -2.32. The highest BCUT2D eigenvalue weighted by molar-refractivity contribution is 5.95. The monoisotopic (exact) mass is 840 g/mol. The lowest BCUT2D eigenvalue weighted by molar-refractivity contribution is -0.146. The number of H-pyrrole nitrogens is 1. The van der Waals surface area contributed by atoms with Gasteiger partial charge >= 0.3 is 5.97 Å². The number of piperidine rings is 1. The van der Waals surface area contributed by atoms with Crippen molar-refractivity contribution < 1.29 is 33.3 Å². The number of carbonyl (C=O) groups is 2. The van der Waals surface area contributed by atoms with Gasteiger partial charge in [0.2, 0.25) is 5.56 Å². The average molecular weight is 841 g/mol. The van der Waals surface area contributed by atoms with Crippen LogP contribution in [0.5, 0.6) is 17.2 Å². The fourth-order valence-corrected chi connectivity index (χ4v) is 7.95. The van der Waals surface area contributed by atoms with Crippen molar-refractivity contribution in [3.05, 3.63) is 171 Å². The van der Waals surface area contributed by atoms with Crippen molar-refractivity contribution in [2.24, 2.45) is 5.92 Å². The molecule has 0 radical (unpaired) electrons. The SMILES string of the molecule is COc1cc(C(=O)NCCCOc2cccc(C(C(=O)OCC3CCN(Cc4ccccc4)CC3)c3ccccc3)c2)c(F)cc1CNCCc1ccc(O)c2[nH]c(=O)ccc12. The molecule has 1 aliphatic rings. The molecule has 11 nitrogen and oxygen atoms in total. The van der Waals surface area contributed by atoms with E-state index in [1.54, 1.807) is 18.2 Å². The fraction of sp³-hybridized carbons (Fsp3) is 0.300. The van der Waals surface area contributed by atoms with Gasteiger partial charge in [-0.3, -0.25) is 19.3 Å². The highest BCUT2D eigenvalue weighted by Crippen LogP contribution is 2.30. The number of hydrogen-bond donors (Lipinski definition) is 4. The number of carbonyl (C=O) groups excluding carboxylic acids is 2. The number of rotatable bonds is 19. The number of benzene rings is 5. The predicted octanol–water partition coefficient (Wildman–Crippen LogP) is 7.50. The van der Waals surface area contributed by atoms with Crippen LogP contribution in [0.2, 0.25) is 0 Å². The molecule has 1 aromatic heterocycles. The fourth-order valence-electron chi connectivity index (χ4n) is 7.95. The third-order valence-electron chi connectivity index (χ3n) is 11.3.